The number of nitrogens with zero attached hydrogens (tertiary/aromatic N) is 1. The summed E-state index contributed by atoms with van der Waals surface area (Å²) in [7, 11) is 1.05. The van der Waals surface area contributed by atoms with Gasteiger partial charge in [-0.1, -0.05) is 20.3 Å². The van der Waals surface area contributed by atoms with E-state index in [0.717, 1.165) is 14.0 Å². The molecule has 0 spiro atoms. The Hall–Kier alpha value is -1.38. The maximum absolute atomic E-state index is 12.9. The second kappa shape index (κ2) is 7.41. The minimum atomic E-state index is -4.84. The fourth-order valence-corrected chi connectivity index (χ4v) is 1.65. The first-order chi connectivity index (χ1) is 9.06. The third kappa shape index (κ3) is 4.95. The van der Waals surface area contributed by atoms with E-state index in [0.29, 0.717) is 6.42 Å². The molecule has 0 aliphatic carbocycles. The van der Waals surface area contributed by atoms with Crippen molar-refractivity contribution in [1.82, 2.24) is 5.32 Å². The minimum absolute atomic E-state index is 0.421. The number of carbonyl (C=O) groups is 1. The zero-order valence-electron chi connectivity index (χ0n) is 11.7. The van der Waals surface area contributed by atoms with E-state index < -0.39 is 41.1 Å². The van der Waals surface area contributed by atoms with Gasteiger partial charge in [0.1, 0.15) is 6.04 Å². The Balaban J connectivity index is 5.28. The first-order valence-electron chi connectivity index (χ1n) is 6.10. The largest absolute Gasteiger partial charge is 0.468 e. The maximum atomic E-state index is 12.9. The summed E-state index contributed by atoms with van der Waals surface area (Å²) in [4.78, 5) is 21.1. The number of alkyl halides is 3. The number of hydrogen-bond donors (Lipinski definition) is 1. The Morgan fingerprint density at radius 2 is 1.90 bits per heavy atom. The topological polar surface area (TPSA) is 81.5 Å². The number of halogens is 3. The number of hydrogen-bond acceptors (Lipinski definition) is 5. The molecule has 2 unspecified atom stereocenters. The van der Waals surface area contributed by atoms with E-state index in [1.807, 2.05) is 5.32 Å². The highest BCUT2D eigenvalue weighted by Gasteiger charge is 2.50. The van der Waals surface area contributed by atoms with E-state index >= 15 is 0 Å². The predicted molar refractivity (Wildman–Crippen MR) is 64.7 cm³/mol. The van der Waals surface area contributed by atoms with Gasteiger partial charge >= 0.3 is 12.1 Å². The standard InChI is InChI=1S/C11H19F3N2O4/c1-5-6(2)8(10(17)20-4)15-9(11(12,13)14)7(3)16(18)19/h6-9,15H,5H2,1-4H3/t6-,7?,8-,9?/m0/s1. The summed E-state index contributed by atoms with van der Waals surface area (Å²) in [6, 6.07) is -5.58. The van der Waals surface area contributed by atoms with Crippen LogP contribution in [0.3, 0.4) is 0 Å². The lowest BCUT2D eigenvalue weighted by Crippen LogP contribution is -2.58. The van der Waals surface area contributed by atoms with Gasteiger partial charge in [-0.15, -0.1) is 0 Å². The van der Waals surface area contributed by atoms with E-state index in [-0.39, 0.29) is 0 Å². The molecule has 0 fully saturated rings. The molecule has 118 valence electrons. The number of carbonyl (C=O) groups excluding carboxylic acids is 1. The van der Waals surface area contributed by atoms with Crippen LogP contribution in [0, 0.1) is 16.0 Å². The second-order valence-corrected chi connectivity index (χ2v) is 4.60. The molecule has 4 atom stereocenters. The van der Waals surface area contributed by atoms with Crippen molar-refractivity contribution in [1.29, 1.82) is 0 Å². The van der Waals surface area contributed by atoms with Gasteiger partial charge in [0.15, 0.2) is 6.04 Å². The lowest BCUT2D eigenvalue weighted by Gasteiger charge is -2.29. The molecule has 9 heteroatoms. The molecule has 0 aromatic rings. The Morgan fingerprint density at radius 1 is 1.40 bits per heavy atom. The van der Waals surface area contributed by atoms with E-state index in [9.17, 15) is 28.1 Å². The lowest BCUT2D eigenvalue weighted by molar-refractivity contribution is -0.530. The number of rotatable bonds is 7. The molecule has 20 heavy (non-hydrogen) atoms. The van der Waals surface area contributed by atoms with Gasteiger partial charge < -0.3 is 4.74 Å². The molecule has 0 saturated heterocycles. The molecule has 6 nitrogen and oxygen atoms in total. The molecule has 1 N–H and O–H groups in total. The van der Waals surface area contributed by atoms with Crippen LogP contribution in [0.15, 0.2) is 0 Å². The molecule has 0 heterocycles. The average Bonchev–Trinajstić information content (AvgIpc) is 2.35. The van der Waals surface area contributed by atoms with Crippen molar-refractivity contribution in [2.45, 2.75) is 51.5 Å². The number of methoxy groups -OCH3 is 1. The van der Waals surface area contributed by atoms with Gasteiger partial charge in [0.2, 0.25) is 6.04 Å². The monoisotopic (exact) mass is 300 g/mol. The summed E-state index contributed by atoms with van der Waals surface area (Å²) in [6.45, 7) is 4.11. The molecule has 0 aromatic heterocycles. The fourth-order valence-electron chi connectivity index (χ4n) is 1.65. The van der Waals surface area contributed by atoms with Crippen molar-refractivity contribution in [3.8, 4) is 0 Å². The van der Waals surface area contributed by atoms with Crippen molar-refractivity contribution in [3.63, 3.8) is 0 Å². The number of nitro groups is 1. The molecule has 0 saturated carbocycles. The van der Waals surface area contributed by atoms with Crippen LogP contribution in [0.25, 0.3) is 0 Å². The number of nitrogens with one attached hydrogen (secondary N) is 1. The first kappa shape index (κ1) is 18.6. The van der Waals surface area contributed by atoms with Crippen LogP contribution in [-0.2, 0) is 9.53 Å². The smallest absolute Gasteiger partial charge is 0.410 e. The van der Waals surface area contributed by atoms with E-state index in [1.54, 1.807) is 13.8 Å². The van der Waals surface area contributed by atoms with Crippen molar-refractivity contribution in [2.24, 2.45) is 5.92 Å². The van der Waals surface area contributed by atoms with Gasteiger partial charge in [-0.2, -0.15) is 13.2 Å². The number of ether oxygens (including phenoxy) is 1. The zero-order chi connectivity index (χ0) is 16.1. The van der Waals surface area contributed by atoms with Gasteiger partial charge in [0.05, 0.1) is 7.11 Å². The summed E-state index contributed by atoms with van der Waals surface area (Å²) in [5.41, 5.74) is 0. The van der Waals surface area contributed by atoms with Gasteiger partial charge in [-0.3, -0.25) is 20.2 Å². The zero-order valence-corrected chi connectivity index (χ0v) is 11.7. The SMILES string of the molecule is CC[C@H](C)[C@H](NC(C(C)[N+](=O)[O-])C(F)(F)F)C(=O)OC. The third-order valence-electron chi connectivity index (χ3n) is 3.19. The highest BCUT2D eigenvalue weighted by atomic mass is 19.4. The third-order valence-corrected chi connectivity index (χ3v) is 3.19. The Bertz CT molecular complexity index is 349. The summed E-state index contributed by atoms with van der Waals surface area (Å²) < 4.78 is 43.2. The van der Waals surface area contributed by atoms with Crippen LogP contribution in [0.1, 0.15) is 27.2 Å². The highest BCUT2D eigenvalue weighted by molar-refractivity contribution is 5.76. The fraction of sp³-hybridized carbons (Fsp3) is 0.909. The van der Waals surface area contributed by atoms with Gasteiger partial charge in [0.25, 0.3) is 0 Å². The summed E-state index contributed by atoms with van der Waals surface area (Å²) in [6.07, 6.45) is -4.42. The normalized spacial score (nSPS) is 17.9. The Kier molecular flexibility index (Phi) is 6.90. The molecular formula is C11H19F3N2O4. The average molecular weight is 300 g/mol. The lowest BCUT2D eigenvalue weighted by atomic mass is 9.97. The van der Waals surface area contributed by atoms with E-state index in [2.05, 4.69) is 4.74 Å². The first-order valence-corrected chi connectivity index (χ1v) is 6.10. The van der Waals surface area contributed by atoms with Crippen LogP contribution in [0.4, 0.5) is 13.2 Å². The molecule has 0 rings (SSSR count). The number of esters is 1. The Morgan fingerprint density at radius 3 is 2.20 bits per heavy atom. The van der Waals surface area contributed by atoms with Gasteiger partial charge in [0, 0.05) is 11.8 Å². The molecular weight excluding hydrogens is 281 g/mol. The summed E-state index contributed by atoms with van der Waals surface area (Å²) >= 11 is 0. The van der Waals surface area contributed by atoms with Crippen molar-refractivity contribution >= 4 is 5.97 Å². The van der Waals surface area contributed by atoms with Crippen LogP contribution in [-0.4, -0.2) is 42.3 Å². The summed E-state index contributed by atoms with van der Waals surface area (Å²) in [5, 5.41) is 12.6. The molecule has 0 amide bonds. The van der Waals surface area contributed by atoms with Crippen LogP contribution < -0.4 is 5.32 Å². The highest BCUT2D eigenvalue weighted by Crippen LogP contribution is 2.25. The van der Waals surface area contributed by atoms with Crippen LogP contribution in [0.5, 0.6) is 0 Å². The van der Waals surface area contributed by atoms with Crippen molar-refractivity contribution in [3.05, 3.63) is 10.1 Å². The maximum Gasteiger partial charge on any atom is 0.410 e. The Labute approximate surface area is 114 Å². The minimum Gasteiger partial charge on any atom is -0.468 e. The van der Waals surface area contributed by atoms with Gasteiger partial charge in [-0.05, 0) is 5.92 Å². The molecule has 0 aromatic carbocycles. The molecule has 0 bridgehead atoms. The van der Waals surface area contributed by atoms with Crippen LogP contribution in [0.2, 0.25) is 0 Å². The quantitative estimate of drug-likeness (QED) is 0.440. The molecule has 0 aliphatic rings. The second-order valence-electron chi connectivity index (χ2n) is 4.60. The molecule has 0 aliphatic heterocycles. The summed E-state index contributed by atoms with van der Waals surface area (Å²) in [5.74, 6) is -1.32. The predicted octanol–water partition coefficient (Wildman–Crippen LogP) is 1.76. The van der Waals surface area contributed by atoms with Gasteiger partial charge in [-0.25, -0.2) is 0 Å². The van der Waals surface area contributed by atoms with E-state index in [1.165, 1.54) is 0 Å². The van der Waals surface area contributed by atoms with Crippen LogP contribution >= 0.6 is 0 Å². The molecule has 0 radical (unpaired) electrons. The van der Waals surface area contributed by atoms with Crippen molar-refractivity contribution in [2.75, 3.05) is 7.11 Å². The van der Waals surface area contributed by atoms with E-state index in [4.69, 9.17) is 0 Å². The van der Waals surface area contributed by atoms with Crippen molar-refractivity contribution < 1.29 is 27.6 Å².